The van der Waals surface area contributed by atoms with Gasteiger partial charge in [-0.05, 0) is 73.2 Å². The van der Waals surface area contributed by atoms with Gasteiger partial charge >= 0.3 is 5.97 Å². The number of ether oxygens (including phenoxy) is 1. The molecule has 0 atom stereocenters. The van der Waals surface area contributed by atoms with E-state index in [2.05, 4.69) is 15.4 Å². The van der Waals surface area contributed by atoms with Gasteiger partial charge in [-0.15, -0.1) is 0 Å². The highest BCUT2D eigenvalue weighted by molar-refractivity contribution is 7.89. The van der Waals surface area contributed by atoms with Crippen LogP contribution in [0.25, 0.3) is 0 Å². The molecule has 182 valence electrons. The van der Waals surface area contributed by atoms with Crippen molar-refractivity contribution in [2.75, 3.05) is 17.2 Å². The van der Waals surface area contributed by atoms with E-state index in [1.165, 1.54) is 31.2 Å². The third-order valence-corrected chi connectivity index (χ3v) is 6.24. The van der Waals surface area contributed by atoms with Crippen LogP contribution in [0.1, 0.15) is 40.1 Å². The van der Waals surface area contributed by atoms with Crippen molar-refractivity contribution in [3.8, 4) is 0 Å². The molecule has 35 heavy (non-hydrogen) atoms. The molecule has 0 saturated heterocycles. The quantitative estimate of drug-likeness (QED) is 0.389. The van der Waals surface area contributed by atoms with Crippen LogP contribution in [0.4, 0.5) is 11.4 Å². The van der Waals surface area contributed by atoms with Gasteiger partial charge in [0.05, 0.1) is 17.1 Å². The van der Waals surface area contributed by atoms with E-state index in [1.54, 1.807) is 55.5 Å². The zero-order chi connectivity index (χ0) is 25.4. The van der Waals surface area contributed by atoms with Gasteiger partial charge in [-0.2, -0.15) is 0 Å². The summed E-state index contributed by atoms with van der Waals surface area (Å²) in [5, 5.41) is 5.32. The third kappa shape index (κ3) is 7.23. The number of carbonyl (C=O) groups is 3. The fourth-order valence-corrected chi connectivity index (χ4v) is 4.08. The van der Waals surface area contributed by atoms with Crippen molar-refractivity contribution in [2.24, 2.45) is 0 Å². The average Bonchev–Trinajstić information content (AvgIpc) is 2.84. The summed E-state index contributed by atoms with van der Waals surface area (Å²) in [7, 11) is -3.76. The highest BCUT2D eigenvalue weighted by Gasteiger charge is 2.14. The minimum absolute atomic E-state index is 0.0347. The molecule has 0 aliphatic rings. The second kappa shape index (κ2) is 11.4. The standard InChI is InChI=1S/C25H25N3O6S/c1-3-34-25(31)20-8-10-22(11-9-20)28-24(30)19-6-4-18(5-7-19)16-26-35(32,33)23-14-12-21(13-15-23)27-17(2)29/h4-15,26H,3,16H2,1-2H3,(H,27,29)(H,28,30). The molecule has 3 aromatic rings. The molecule has 0 fully saturated rings. The molecule has 3 aromatic carbocycles. The second-order valence-electron chi connectivity index (χ2n) is 7.48. The smallest absolute Gasteiger partial charge is 0.338 e. The van der Waals surface area contributed by atoms with Crippen LogP contribution >= 0.6 is 0 Å². The lowest BCUT2D eigenvalue weighted by molar-refractivity contribution is -0.114. The lowest BCUT2D eigenvalue weighted by Gasteiger charge is -2.09. The first-order valence-corrected chi connectivity index (χ1v) is 12.2. The number of esters is 1. The summed E-state index contributed by atoms with van der Waals surface area (Å²) in [5.41, 5.74) is 2.46. The Balaban J connectivity index is 1.57. The number of anilines is 2. The molecule has 10 heteroatoms. The minimum atomic E-state index is -3.76. The average molecular weight is 496 g/mol. The molecule has 0 radical (unpaired) electrons. The fraction of sp³-hybridized carbons (Fsp3) is 0.160. The Labute approximate surface area is 203 Å². The predicted octanol–water partition coefficient (Wildman–Crippen LogP) is 3.55. The number of benzene rings is 3. The number of amides is 2. The molecule has 0 heterocycles. The molecule has 0 unspecified atom stereocenters. The summed E-state index contributed by atoms with van der Waals surface area (Å²) in [6, 6.07) is 18.7. The SMILES string of the molecule is CCOC(=O)c1ccc(NC(=O)c2ccc(CNS(=O)(=O)c3ccc(NC(C)=O)cc3)cc2)cc1. The summed E-state index contributed by atoms with van der Waals surface area (Å²) in [4.78, 5) is 35.4. The van der Waals surface area contributed by atoms with Crippen molar-refractivity contribution in [2.45, 2.75) is 25.3 Å². The van der Waals surface area contributed by atoms with E-state index in [1.807, 2.05) is 0 Å². The molecule has 0 aromatic heterocycles. The number of hydrogen-bond donors (Lipinski definition) is 3. The molecule has 3 N–H and O–H groups in total. The maximum absolute atomic E-state index is 12.5. The molecule has 2 amide bonds. The molecule has 3 rings (SSSR count). The van der Waals surface area contributed by atoms with E-state index in [-0.39, 0.29) is 29.9 Å². The van der Waals surface area contributed by atoms with Crippen LogP contribution in [0.15, 0.2) is 77.7 Å². The summed E-state index contributed by atoms with van der Waals surface area (Å²) < 4.78 is 32.5. The highest BCUT2D eigenvalue weighted by Crippen LogP contribution is 2.16. The van der Waals surface area contributed by atoms with E-state index >= 15 is 0 Å². The Bertz CT molecular complexity index is 1300. The van der Waals surface area contributed by atoms with Crippen molar-refractivity contribution in [3.63, 3.8) is 0 Å². The van der Waals surface area contributed by atoms with Gasteiger partial charge in [-0.1, -0.05) is 12.1 Å². The molecule has 0 saturated carbocycles. The molecule has 0 spiro atoms. The van der Waals surface area contributed by atoms with Crippen LogP contribution < -0.4 is 15.4 Å². The summed E-state index contributed by atoms with van der Waals surface area (Å²) in [6.45, 7) is 3.41. The maximum Gasteiger partial charge on any atom is 0.338 e. The number of hydrogen-bond acceptors (Lipinski definition) is 6. The van der Waals surface area contributed by atoms with Crippen molar-refractivity contribution >= 4 is 39.2 Å². The van der Waals surface area contributed by atoms with Gasteiger partial charge in [0.25, 0.3) is 5.91 Å². The summed E-state index contributed by atoms with van der Waals surface area (Å²) in [5.74, 6) is -1.03. The van der Waals surface area contributed by atoms with Crippen LogP contribution in [-0.4, -0.2) is 32.8 Å². The molecule has 9 nitrogen and oxygen atoms in total. The van der Waals surface area contributed by atoms with Crippen LogP contribution in [0.2, 0.25) is 0 Å². The second-order valence-corrected chi connectivity index (χ2v) is 9.25. The number of carbonyl (C=O) groups excluding carboxylic acids is 3. The lowest BCUT2D eigenvalue weighted by atomic mass is 10.1. The molecular weight excluding hydrogens is 470 g/mol. The third-order valence-electron chi connectivity index (χ3n) is 4.82. The first-order valence-electron chi connectivity index (χ1n) is 10.7. The summed E-state index contributed by atoms with van der Waals surface area (Å²) in [6.07, 6.45) is 0. The number of rotatable bonds is 9. The Hall–Kier alpha value is -4.02. The van der Waals surface area contributed by atoms with E-state index in [0.29, 0.717) is 28.1 Å². The first-order chi connectivity index (χ1) is 16.7. The van der Waals surface area contributed by atoms with Crippen LogP contribution in [0.5, 0.6) is 0 Å². The largest absolute Gasteiger partial charge is 0.462 e. The van der Waals surface area contributed by atoms with Gasteiger partial charge in [0.1, 0.15) is 0 Å². The van der Waals surface area contributed by atoms with Crippen molar-refractivity contribution in [3.05, 3.63) is 89.5 Å². The van der Waals surface area contributed by atoms with Crippen molar-refractivity contribution in [1.82, 2.24) is 4.72 Å². The molecule has 0 bridgehead atoms. The highest BCUT2D eigenvalue weighted by atomic mass is 32.2. The van der Waals surface area contributed by atoms with Crippen LogP contribution in [0, 0.1) is 0 Å². The predicted molar refractivity (Wildman–Crippen MR) is 132 cm³/mol. The van der Waals surface area contributed by atoms with Gasteiger partial charge in [-0.25, -0.2) is 17.9 Å². The minimum Gasteiger partial charge on any atom is -0.462 e. The number of nitrogens with one attached hydrogen (secondary N) is 3. The topological polar surface area (TPSA) is 131 Å². The zero-order valence-electron chi connectivity index (χ0n) is 19.2. The molecule has 0 aliphatic heterocycles. The van der Waals surface area contributed by atoms with Gasteiger partial charge in [0, 0.05) is 30.4 Å². The molecular formula is C25H25N3O6S. The van der Waals surface area contributed by atoms with E-state index in [4.69, 9.17) is 4.74 Å². The Morgan fingerprint density at radius 3 is 1.89 bits per heavy atom. The van der Waals surface area contributed by atoms with Gasteiger partial charge < -0.3 is 15.4 Å². The lowest BCUT2D eigenvalue weighted by Crippen LogP contribution is -2.23. The van der Waals surface area contributed by atoms with E-state index in [9.17, 15) is 22.8 Å². The molecule has 0 aliphatic carbocycles. The maximum atomic E-state index is 12.5. The fourth-order valence-electron chi connectivity index (χ4n) is 3.06. The van der Waals surface area contributed by atoms with Crippen LogP contribution in [-0.2, 0) is 26.1 Å². The number of sulfonamides is 1. The van der Waals surface area contributed by atoms with E-state index < -0.39 is 16.0 Å². The Morgan fingerprint density at radius 1 is 0.771 bits per heavy atom. The van der Waals surface area contributed by atoms with Gasteiger partial charge in [0.2, 0.25) is 15.9 Å². The van der Waals surface area contributed by atoms with Gasteiger partial charge in [0.15, 0.2) is 0 Å². The van der Waals surface area contributed by atoms with E-state index in [0.717, 1.165) is 0 Å². The first kappa shape index (κ1) is 25.6. The Kier molecular flexibility index (Phi) is 8.34. The van der Waals surface area contributed by atoms with Gasteiger partial charge in [-0.3, -0.25) is 9.59 Å². The zero-order valence-corrected chi connectivity index (χ0v) is 20.0. The van der Waals surface area contributed by atoms with Crippen LogP contribution in [0.3, 0.4) is 0 Å². The monoisotopic (exact) mass is 495 g/mol. The van der Waals surface area contributed by atoms with Crippen molar-refractivity contribution in [1.29, 1.82) is 0 Å². The van der Waals surface area contributed by atoms with Crippen molar-refractivity contribution < 1.29 is 27.5 Å². The Morgan fingerprint density at radius 2 is 1.31 bits per heavy atom. The normalized spacial score (nSPS) is 10.9. The summed E-state index contributed by atoms with van der Waals surface area (Å²) >= 11 is 0.